The van der Waals surface area contributed by atoms with Crippen LogP contribution in [0.3, 0.4) is 0 Å². The first kappa shape index (κ1) is 14.0. The highest BCUT2D eigenvalue weighted by Gasteiger charge is 2.50. The van der Waals surface area contributed by atoms with Gasteiger partial charge in [-0.1, -0.05) is 6.07 Å². The monoisotopic (exact) mass is 288 g/mol. The van der Waals surface area contributed by atoms with E-state index in [1.165, 1.54) is 0 Å². The van der Waals surface area contributed by atoms with Crippen molar-refractivity contribution in [3.05, 3.63) is 30.1 Å². The standard InChI is InChI=1S/C16H20N2O3/c19-15(18-9-12-3-1-2-8-17-12)13-10-4-6-11(7-5-10)14(13)16(20)21/h1-3,8,10-11,13-14H,4-7,9H2,(H,18,19)(H,20,21)/t10?,11?,13-,14-/m1/s1. The highest BCUT2D eigenvalue weighted by molar-refractivity contribution is 5.85. The molecule has 2 atom stereocenters. The van der Waals surface area contributed by atoms with Gasteiger partial charge >= 0.3 is 5.97 Å². The van der Waals surface area contributed by atoms with Crippen molar-refractivity contribution in [2.75, 3.05) is 0 Å². The number of carbonyl (C=O) groups excluding carboxylic acids is 1. The number of nitrogens with one attached hydrogen (secondary N) is 1. The second kappa shape index (κ2) is 5.84. The van der Waals surface area contributed by atoms with E-state index in [1.807, 2.05) is 18.2 Å². The van der Waals surface area contributed by atoms with Crippen LogP contribution in [0.2, 0.25) is 0 Å². The Balaban J connectivity index is 1.69. The first-order chi connectivity index (χ1) is 10.2. The summed E-state index contributed by atoms with van der Waals surface area (Å²) in [6.07, 6.45) is 5.55. The molecule has 5 heteroatoms. The summed E-state index contributed by atoms with van der Waals surface area (Å²) in [6.45, 7) is 0.361. The fourth-order valence-corrected chi connectivity index (χ4v) is 3.98. The number of aromatic nitrogens is 1. The molecule has 1 heterocycles. The third kappa shape index (κ3) is 2.77. The Morgan fingerprint density at radius 3 is 2.38 bits per heavy atom. The van der Waals surface area contributed by atoms with Crippen LogP contribution < -0.4 is 5.32 Å². The normalized spacial score (nSPS) is 30.9. The molecule has 1 amide bonds. The van der Waals surface area contributed by atoms with E-state index in [2.05, 4.69) is 10.3 Å². The van der Waals surface area contributed by atoms with Gasteiger partial charge in [0.05, 0.1) is 24.1 Å². The number of aliphatic carboxylic acids is 1. The van der Waals surface area contributed by atoms with Crippen LogP contribution in [0.4, 0.5) is 0 Å². The summed E-state index contributed by atoms with van der Waals surface area (Å²) in [7, 11) is 0. The van der Waals surface area contributed by atoms with Gasteiger partial charge in [0.25, 0.3) is 0 Å². The van der Waals surface area contributed by atoms with E-state index in [1.54, 1.807) is 6.20 Å². The summed E-state index contributed by atoms with van der Waals surface area (Å²) < 4.78 is 0. The third-order valence-corrected chi connectivity index (χ3v) is 4.98. The van der Waals surface area contributed by atoms with E-state index in [4.69, 9.17) is 0 Å². The quantitative estimate of drug-likeness (QED) is 0.886. The van der Waals surface area contributed by atoms with Crippen molar-refractivity contribution in [2.24, 2.45) is 23.7 Å². The summed E-state index contributed by atoms with van der Waals surface area (Å²) in [5.74, 6) is -1.44. The zero-order valence-electron chi connectivity index (χ0n) is 11.9. The van der Waals surface area contributed by atoms with Crippen molar-refractivity contribution in [3.63, 3.8) is 0 Å². The fraction of sp³-hybridized carbons (Fsp3) is 0.562. The summed E-state index contributed by atoms with van der Waals surface area (Å²) in [4.78, 5) is 28.2. The van der Waals surface area contributed by atoms with E-state index >= 15 is 0 Å². The van der Waals surface area contributed by atoms with Gasteiger partial charge in [0.15, 0.2) is 0 Å². The molecule has 2 N–H and O–H groups in total. The van der Waals surface area contributed by atoms with Crippen molar-refractivity contribution < 1.29 is 14.7 Å². The molecule has 0 spiro atoms. The van der Waals surface area contributed by atoms with E-state index in [0.29, 0.717) is 6.54 Å². The fourth-order valence-electron chi connectivity index (χ4n) is 3.98. The second-order valence-corrected chi connectivity index (χ2v) is 6.10. The van der Waals surface area contributed by atoms with Crippen molar-refractivity contribution in [1.82, 2.24) is 10.3 Å². The number of hydrogen-bond donors (Lipinski definition) is 2. The molecule has 4 rings (SSSR count). The smallest absolute Gasteiger partial charge is 0.307 e. The lowest BCUT2D eigenvalue weighted by Gasteiger charge is -2.45. The summed E-state index contributed by atoms with van der Waals surface area (Å²) >= 11 is 0. The van der Waals surface area contributed by atoms with Gasteiger partial charge in [-0.25, -0.2) is 0 Å². The zero-order valence-corrected chi connectivity index (χ0v) is 11.9. The minimum Gasteiger partial charge on any atom is -0.481 e. The minimum absolute atomic E-state index is 0.123. The Labute approximate surface area is 123 Å². The van der Waals surface area contributed by atoms with Gasteiger partial charge in [0, 0.05) is 6.20 Å². The number of carbonyl (C=O) groups is 2. The lowest BCUT2D eigenvalue weighted by atomic mass is 9.58. The number of amides is 1. The number of rotatable bonds is 4. The van der Waals surface area contributed by atoms with Crippen LogP contribution in [-0.4, -0.2) is 22.0 Å². The van der Waals surface area contributed by atoms with Gasteiger partial charge in [-0.2, -0.15) is 0 Å². The Morgan fingerprint density at radius 1 is 1.14 bits per heavy atom. The summed E-state index contributed by atoms with van der Waals surface area (Å²) in [5, 5.41) is 12.3. The summed E-state index contributed by atoms with van der Waals surface area (Å²) in [6, 6.07) is 5.55. The number of pyridine rings is 1. The average molecular weight is 288 g/mol. The van der Waals surface area contributed by atoms with E-state index in [0.717, 1.165) is 31.4 Å². The minimum atomic E-state index is -0.817. The maximum absolute atomic E-state index is 12.5. The molecule has 3 aliphatic carbocycles. The first-order valence-electron chi connectivity index (χ1n) is 7.57. The van der Waals surface area contributed by atoms with Crippen LogP contribution in [0.25, 0.3) is 0 Å². The van der Waals surface area contributed by atoms with Crippen LogP contribution in [0, 0.1) is 23.7 Å². The Kier molecular flexibility index (Phi) is 3.90. The van der Waals surface area contributed by atoms with Crippen LogP contribution in [0.1, 0.15) is 31.4 Å². The van der Waals surface area contributed by atoms with Crippen molar-refractivity contribution in [3.8, 4) is 0 Å². The molecule has 1 aromatic rings. The van der Waals surface area contributed by atoms with E-state index < -0.39 is 11.9 Å². The van der Waals surface area contributed by atoms with Gasteiger partial charge in [-0.15, -0.1) is 0 Å². The van der Waals surface area contributed by atoms with Gasteiger partial charge in [0.2, 0.25) is 5.91 Å². The maximum atomic E-state index is 12.5. The van der Waals surface area contributed by atoms with Crippen molar-refractivity contribution >= 4 is 11.9 Å². The molecule has 0 saturated heterocycles. The molecule has 21 heavy (non-hydrogen) atoms. The number of carboxylic acid groups (broad SMARTS) is 1. The Morgan fingerprint density at radius 2 is 1.81 bits per heavy atom. The molecule has 2 bridgehead atoms. The van der Waals surface area contributed by atoms with Gasteiger partial charge in [-0.05, 0) is 49.7 Å². The van der Waals surface area contributed by atoms with Gasteiger partial charge < -0.3 is 10.4 Å². The highest BCUT2D eigenvalue weighted by Crippen LogP contribution is 2.49. The van der Waals surface area contributed by atoms with E-state index in [-0.39, 0.29) is 23.7 Å². The van der Waals surface area contributed by atoms with Gasteiger partial charge in [0.1, 0.15) is 0 Å². The topological polar surface area (TPSA) is 79.3 Å². The Bertz CT molecular complexity index is 524. The highest BCUT2D eigenvalue weighted by atomic mass is 16.4. The third-order valence-electron chi connectivity index (χ3n) is 4.98. The molecule has 5 nitrogen and oxygen atoms in total. The van der Waals surface area contributed by atoms with Crippen LogP contribution in [0.5, 0.6) is 0 Å². The molecule has 0 aliphatic heterocycles. The largest absolute Gasteiger partial charge is 0.481 e. The predicted molar refractivity (Wildman–Crippen MR) is 76.1 cm³/mol. The Hall–Kier alpha value is -1.91. The molecular weight excluding hydrogens is 268 g/mol. The van der Waals surface area contributed by atoms with Crippen LogP contribution in [-0.2, 0) is 16.1 Å². The zero-order chi connectivity index (χ0) is 14.8. The number of carboxylic acids is 1. The number of nitrogens with zero attached hydrogens (tertiary/aromatic N) is 1. The van der Waals surface area contributed by atoms with Crippen molar-refractivity contribution in [2.45, 2.75) is 32.2 Å². The lowest BCUT2D eigenvalue weighted by molar-refractivity contribution is -0.158. The SMILES string of the molecule is O=C(O)[C@@H]1C2CCC(CC2)[C@H]1C(=O)NCc1ccccn1. The molecule has 3 fully saturated rings. The molecule has 1 aromatic heterocycles. The summed E-state index contributed by atoms with van der Waals surface area (Å²) in [5.41, 5.74) is 0.790. The molecule has 3 saturated carbocycles. The van der Waals surface area contributed by atoms with Crippen LogP contribution in [0.15, 0.2) is 24.4 Å². The molecule has 0 aromatic carbocycles. The second-order valence-electron chi connectivity index (χ2n) is 6.10. The lowest BCUT2D eigenvalue weighted by Crippen LogP contribution is -2.50. The number of fused-ring (bicyclic) bond motifs is 3. The van der Waals surface area contributed by atoms with Gasteiger partial charge in [-0.3, -0.25) is 14.6 Å². The van der Waals surface area contributed by atoms with Crippen LogP contribution >= 0.6 is 0 Å². The molecule has 112 valence electrons. The molecular formula is C16H20N2O3. The van der Waals surface area contributed by atoms with Crippen molar-refractivity contribution in [1.29, 1.82) is 0 Å². The van der Waals surface area contributed by atoms with E-state index in [9.17, 15) is 14.7 Å². The molecule has 0 unspecified atom stereocenters. The average Bonchev–Trinajstić information content (AvgIpc) is 2.53. The number of hydrogen-bond acceptors (Lipinski definition) is 3. The maximum Gasteiger partial charge on any atom is 0.307 e. The molecule has 0 radical (unpaired) electrons. The molecule has 3 aliphatic rings. The predicted octanol–water partition coefficient (Wildman–Crippen LogP) is 1.83. The first-order valence-corrected chi connectivity index (χ1v) is 7.57.